The molecule has 134 valence electrons. The van der Waals surface area contributed by atoms with Gasteiger partial charge in [-0.1, -0.05) is 27.7 Å². The van der Waals surface area contributed by atoms with Gasteiger partial charge in [-0.25, -0.2) is 0 Å². The highest BCUT2D eigenvalue weighted by atomic mass is 16.5. The minimum absolute atomic E-state index is 0.170. The maximum Gasteiger partial charge on any atom is 0.167 e. The van der Waals surface area contributed by atoms with Gasteiger partial charge in [0.2, 0.25) is 0 Å². The fraction of sp³-hybridized carbons (Fsp3) is 0.700. The van der Waals surface area contributed by atoms with Gasteiger partial charge in [0.05, 0.1) is 0 Å². The summed E-state index contributed by atoms with van der Waals surface area (Å²) in [6.45, 7) is 12.4. The molecule has 0 N–H and O–H groups in total. The summed E-state index contributed by atoms with van der Waals surface area (Å²) in [5, 5.41) is 0. The monoisotopic (exact) mass is 334 g/mol. The minimum Gasteiger partial charge on any atom is -0.494 e. The minimum atomic E-state index is -0.287. The summed E-state index contributed by atoms with van der Waals surface area (Å²) in [6.07, 6.45) is 3.21. The Hall–Kier alpha value is -1.58. The first-order valence-electron chi connectivity index (χ1n) is 8.81. The smallest absolute Gasteiger partial charge is 0.167 e. The first-order chi connectivity index (χ1) is 11.1. The summed E-state index contributed by atoms with van der Waals surface area (Å²) in [7, 11) is 0. The van der Waals surface area contributed by atoms with Crippen LogP contribution in [-0.2, 0) is 19.1 Å². The molecule has 2 aliphatic carbocycles. The molecule has 0 heterocycles. The van der Waals surface area contributed by atoms with E-state index < -0.39 is 0 Å². The van der Waals surface area contributed by atoms with E-state index in [0.29, 0.717) is 13.2 Å². The average Bonchev–Trinajstić information content (AvgIpc) is 2.51. The molecule has 2 rings (SSSR count). The van der Waals surface area contributed by atoms with Gasteiger partial charge in [0, 0.05) is 34.8 Å². The van der Waals surface area contributed by atoms with Gasteiger partial charge in [-0.3, -0.25) is 9.59 Å². The lowest BCUT2D eigenvalue weighted by molar-refractivity contribution is -0.125. The zero-order valence-corrected chi connectivity index (χ0v) is 15.9. The Kier molecular flexibility index (Phi) is 5.26. The first kappa shape index (κ1) is 18.8. The molecule has 2 aliphatic rings. The van der Waals surface area contributed by atoms with Crippen molar-refractivity contribution in [3.63, 3.8) is 0 Å². The number of carbonyl (C=O) groups excluding carboxylic acids is 2. The van der Waals surface area contributed by atoms with Crippen LogP contribution in [0.1, 0.15) is 67.2 Å². The lowest BCUT2D eigenvalue weighted by Crippen LogP contribution is -2.31. The standard InChI is InChI=1S/C20H30O4/c1-13-15(7-9-19(3,4)17(13)21)23-11-12-24-16-8-10-20(5,6)18(22)14(16)2/h7-12H2,1-6H3. The van der Waals surface area contributed by atoms with Crippen LogP contribution < -0.4 is 0 Å². The maximum absolute atomic E-state index is 12.3. The van der Waals surface area contributed by atoms with Crippen LogP contribution in [-0.4, -0.2) is 24.8 Å². The highest BCUT2D eigenvalue weighted by Gasteiger charge is 2.35. The molecule has 0 fully saturated rings. The molecular weight excluding hydrogens is 304 g/mol. The Labute approximate surface area is 145 Å². The molecule has 0 amide bonds. The highest BCUT2D eigenvalue weighted by Crippen LogP contribution is 2.37. The van der Waals surface area contributed by atoms with Crippen LogP contribution in [0, 0.1) is 10.8 Å². The number of ether oxygens (including phenoxy) is 2. The third-order valence-corrected chi connectivity index (χ3v) is 5.34. The van der Waals surface area contributed by atoms with Crippen LogP contribution in [0.15, 0.2) is 22.7 Å². The number of Topliss-reactive ketones (excluding diaryl/α,β-unsaturated/α-hetero) is 2. The Morgan fingerprint density at radius 1 is 0.750 bits per heavy atom. The Balaban J connectivity index is 1.88. The van der Waals surface area contributed by atoms with Crippen molar-refractivity contribution in [2.45, 2.75) is 67.2 Å². The first-order valence-corrected chi connectivity index (χ1v) is 8.81. The number of carbonyl (C=O) groups is 2. The van der Waals surface area contributed by atoms with E-state index in [0.717, 1.165) is 48.3 Å². The normalized spacial score (nSPS) is 23.6. The molecule has 0 saturated carbocycles. The summed E-state index contributed by atoms with van der Waals surface area (Å²) in [6, 6.07) is 0. The van der Waals surface area contributed by atoms with Crippen LogP contribution >= 0.6 is 0 Å². The van der Waals surface area contributed by atoms with Crippen molar-refractivity contribution in [2.24, 2.45) is 10.8 Å². The van der Waals surface area contributed by atoms with Crippen LogP contribution in [0.2, 0.25) is 0 Å². The Morgan fingerprint density at radius 2 is 1.08 bits per heavy atom. The molecule has 0 aromatic heterocycles. The van der Waals surface area contributed by atoms with Gasteiger partial charge in [0.25, 0.3) is 0 Å². The number of hydrogen-bond acceptors (Lipinski definition) is 4. The average molecular weight is 334 g/mol. The van der Waals surface area contributed by atoms with Crippen LogP contribution in [0.5, 0.6) is 0 Å². The molecule has 0 aromatic carbocycles. The van der Waals surface area contributed by atoms with Gasteiger partial charge in [-0.15, -0.1) is 0 Å². The van der Waals surface area contributed by atoms with Gasteiger partial charge in [0.15, 0.2) is 11.6 Å². The van der Waals surface area contributed by atoms with Crippen molar-refractivity contribution in [3.8, 4) is 0 Å². The second kappa shape index (κ2) is 6.73. The molecule has 0 spiro atoms. The number of rotatable bonds is 5. The molecule has 0 aromatic rings. The van der Waals surface area contributed by atoms with Crippen molar-refractivity contribution in [3.05, 3.63) is 22.7 Å². The molecule has 0 saturated heterocycles. The lowest BCUT2D eigenvalue weighted by atomic mass is 9.76. The molecule has 4 heteroatoms. The van der Waals surface area contributed by atoms with Crippen molar-refractivity contribution in [2.75, 3.05) is 13.2 Å². The van der Waals surface area contributed by atoms with E-state index >= 15 is 0 Å². The second-order valence-corrected chi connectivity index (χ2v) is 8.22. The molecule has 0 atom stereocenters. The van der Waals surface area contributed by atoms with Gasteiger partial charge in [-0.05, 0) is 26.7 Å². The predicted octanol–water partition coefficient (Wildman–Crippen LogP) is 4.35. The maximum atomic E-state index is 12.3. The van der Waals surface area contributed by atoms with E-state index in [1.165, 1.54) is 0 Å². The summed E-state index contributed by atoms with van der Waals surface area (Å²) < 4.78 is 11.6. The third kappa shape index (κ3) is 3.73. The second-order valence-electron chi connectivity index (χ2n) is 8.22. The number of allylic oxidation sites excluding steroid dienone is 4. The predicted molar refractivity (Wildman–Crippen MR) is 93.3 cm³/mol. The topological polar surface area (TPSA) is 52.6 Å². The molecule has 0 bridgehead atoms. The van der Waals surface area contributed by atoms with Gasteiger partial charge in [0.1, 0.15) is 24.7 Å². The van der Waals surface area contributed by atoms with E-state index in [2.05, 4.69) is 0 Å². The van der Waals surface area contributed by atoms with Crippen molar-refractivity contribution >= 4 is 11.6 Å². The fourth-order valence-corrected chi connectivity index (χ4v) is 3.41. The zero-order valence-electron chi connectivity index (χ0n) is 15.9. The molecular formula is C20H30O4. The molecule has 0 unspecified atom stereocenters. The fourth-order valence-electron chi connectivity index (χ4n) is 3.41. The highest BCUT2D eigenvalue weighted by molar-refractivity contribution is 6.00. The van der Waals surface area contributed by atoms with Crippen LogP contribution in [0.25, 0.3) is 0 Å². The third-order valence-electron chi connectivity index (χ3n) is 5.34. The van der Waals surface area contributed by atoms with Crippen molar-refractivity contribution < 1.29 is 19.1 Å². The van der Waals surface area contributed by atoms with Crippen molar-refractivity contribution in [1.29, 1.82) is 0 Å². The summed E-state index contributed by atoms with van der Waals surface area (Å²) in [4.78, 5) is 24.5. The van der Waals surface area contributed by atoms with Crippen molar-refractivity contribution in [1.82, 2.24) is 0 Å². The summed E-state index contributed by atoms with van der Waals surface area (Å²) >= 11 is 0. The summed E-state index contributed by atoms with van der Waals surface area (Å²) in [5.41, 5.74) is 0.891. The van der Waals surface area contributed by atoms with E-state index in [1.54, 1.807) is 0 Å². The molecule has 4 nitrogen and oxygen atoms in total. The number of hydrogen-bond donors (Lipinski definition) is 0. The molecule has 24 heavy (non-hydrogen) atoms. The van der Waals surface area contributed by atoms with Gasteiger partial charge >= 0.3 is 0 Å². The lowest BCUT2D eigenvalue weighted by Gasteiger charge is -2.31. The largest absolute Gasteiger partial charge is 0.494 e. The molecule has 0 aliphatic heterocycles. The van der Waals surface area contributed by atoms with E-state index in [4.69, 9.17) is 9.47 Å². The van der Waals surface area contributed by atoms with E-state index in [-0.39, 0.29) is 22.4 Å². The quantitative estimate of drug-likeness (QED) is 0.702. The molecule has 0 radical (unpaired) electrons. The van der Waals surface area contributed by atoms with Gasteiger partial charge < -0.3 is 9.47 Å². The van der Waals surface area contributed by atoms with Crippen LogP contribution in [0.3, 0.4) is 0 Å². The SMILES string of the molecule is CC1=C(OCCOC2=C(C)C(=O)C(C)(C)CC2)CCC(C)(C)C1=O. The summed E-state index contributed by atoms with van der Waals surface area (Å²) in [5.74, 6) is 1.91. The van der Waals surface area contributed by atoms with E-state index in [1.807, 2.05) is 41.5 Å². The Morgan fingerprint density at radius 3 is 1.42 bits per heavy atom. The van der Waals surface area contributed by atoms with Crippen LogP contribution in [0.4, 0.5) is 0 Å². The number of ketones is 2. The van der Waals surface area contributed by atoms with Gasteiger partial charge in [-0.2, -0.15) is 0 Å². The Bertz CT molecular complexity index is 551. The van der Waals surface area contributed by atoms with E-state index in [9.17, 15) is 9.59 Å². The zero-order chi connectivity index (χ0) is 18.1.